The molecular weight excluding hydrogens is 304 g/mol. The molecule has 0 aliphatic carbocycles. The smallest absolute Gasteiger partial charge is 0.250 e. The SMILES string of the molecule is C=C(C)C(=O)Nc1ccc2c(c1)n1n(-c3cc(C)c(C)cc3O)n21. The van der Waals surface area contributed by atoms with E-state index in [9.17, 15) is 9.90 Å². The number of aromatic nitrogens is 3. The highest BCUT2D eigenvalue weighted by Gasteiger charge is 2.26. The zero-order valence-corrected chi connectivity index (χ0v) is 13.8. The van der Waals surface area contributed by atoms with Gasteiger partial charge in [-0.05, 0) is 62.2 Å². The van der Waals surface area contributed by atoms with E-state index < -0.39 is 0 Å². The second-order valence-electron chi connectivity index (χ2n) is 6.23. The van der Waals surface area contributed by atoms with Gasteiger partial charge in [-0.1, -0.05) is 6.58 Å². The molecule has 2 aromatic carbocycles. The van der Waals surface area contributed by atoms with E-state index in [0.29, 0.717) is 5.57 Å². The van der Waals surface area contributed by atoms with E-state index in [1.165, 1.54) is 0 Å². The summed E-state index contributed by atoms with van der Waals surface area (Å²) in [7, 11) is 0. The molecule has 6 heteroatoms. The minimum absolute atomic E-state index is 0.194. The molecule has 122 valence electrons. The normalized spacial score (nSPS) is 11.6. The zero-order chi connectivity index (χ0) is 17.2. The molecule has 24 heavy (non-hydrogen) atoms. The number of anilines is 1. The van der Waals surface area contributed by atoms with Gasteiger partial charge in [0.15, 0.2) is 0 Å². The number of hydrogen-bond acceptors (Lipinski definition) is 2. The molecule has 0 spiro atoms. The number of aromatic hydroxyl groups is 1. The van der Waals surface area contributed by atoms with Gasteiger partial charge >= 0.3 is 0 Å². The van der Waals surface area contributed by atoms with E-state index in [2.05, 4.69) is 11.9 Å². The van der Waals surface area contributed by atoms with Crippen molar-refractivity contribution in [2.45, 2.75) is 20.8 Å². The Bertz CT molecular complexity index is 1110. The summed E-state index contributed by atoms with van der Waals surface area (Å²) >= 11 is 0. The number of benzene rings is 2. The van der Waals surface area contributed by atoms with E-state index in [0.717, 1.165) is 33.5 Å². The molecule has 2 heterocycles. The van der Waals surface area contributed by atoms with Gasteiger partial charge in [-0.15, -0.1) is 14.1 Å². The summed E-state index contributed by atoms with van der Waals surface area (Å²) in [5.41, 5.74) is 6.10. The summed E-state index contributed by atoms with van der Waals surface area (Å²) in [6.07, 6.45) is 0. The predicted molar refractivity (Wildman–Crippen MR) is 93.4 cm³/mol. The van der Waals surface area contributed by atoms with Crippen molar-refractivity contribution >= 4 is 22.6 Å². The number of amides is 1. The van der Waals surface area contributed by atoms with Crippen LogP contribution < -0.4 is 5.32 Å². The quantitative estimate of drug-likeness (QED) is 0.569. The minimum Gasteiger partial charge on any atom is -0.506 e. The van der Waals surface area contributed by atoms with E-state index in [-0.39, 0.29) is 11.7 Å². The number of aryl methyl sites for hydroxylation is 2. The molecule has 4 aromatic rings. The minimum atomic E-state index is -0.194. The van der Waals surface area contributed by atoms with Gasteiger partial charge in [0.2, 0.25) is 0 Å². The van der Waals surface area contributed by atoms with Crippen LogP contribution in [-0.4, -0.2) is 25.1 Å². The zero-order valence-electron chi connectivity index (χ0n) is 13.8. The van der Waals surface area contributed by atoms with E-state index in [1.54, 1.807) is 13.0 Å². The summed E-state index contributed by atoms with van der Waals surface area (Å²) < 4.78 is 3.90. The van der Waals surface area contributed by atoms with Gasteiger partial charge in [-0.2, -0.15) is 0 Å². The highest BCUT2D eigenvalue weighted by molar-refractivity contribution is 6.03. The second-order valence-corrected chi connectivity index (χ2v) is 6.23. The van der Waals surface area contributed by atoms with Crippen molar-refractivity contribution < 1.29 is 9.90 Å². The van der Waals surface area contributed by atoms with Crippen LogP contribution in [0.2, 0.25) is 0 Å². The van der Waals surface area contributed by atoms with Gasteiger partial charge in [0.05, 0.1) is 0 Å². The molecule has 0 radical (unpaired) electrons. The Morgan fingerprint density at radius 2 is 1.75 bits per heavy atom. The van der Waals surface area contributed by atoms with Crippen molar-refractivity contribution in [1.29, 1.82) is 0 Å². The molecule has 6 nitrogen and oxygen atoms in total. The Balaban J connectivity index is 1.75. The maximum Gasteiger partial charge on any atom is 0.250 e. The van der Waals surface area contributed by atoms with Crippen LogP contribution in [0, 0.1) is 13.8 Å². The molecule has 0 fully saturated rings. The number of phenols is 1. The number of rotatable bonds is 3. The fourth-order valence-corrected chi connectivity index (χ4v) is 2.81. The average Bonchev–Trinajstić information content (AvgIpc) is 3.17. The first-order valence-corrected chi connectivity index (χ1v) is 7.69. The Kier molecular flexibility index (Phi) is 2.81. The van der Waals surface area contributed by atoms with Gasteiger partial charge in [-0.25, -0.2) is 0 Å². The molecular formula is C18H18N4O2. The molecule has 0 saturated heterocycles. The van der Waals surface area contributed by atoms with Crippen LogP contribution in [0.3, 0.4) is 0 Å². The summed E-state index contributed by atoms with van der Waals surface area (Å²) in [6.45, 7) is 9.31. The van der Waals surface area contributed by atoms with Gasteiger partial charge in [0.1, 0.15) is 22.5 Å². The Labute approximate surface area is 138 Å². The summed E-state index contributed by atoms with van der Waals surface area (Å²) in [5, 5.41) is 13.1. The monoisotopic (exact) mass is 322 g/mol. The standard InChI is InChI=1S/C18H18N4O2/c1-10(2)18(24)19-13-5-6-14-15(9-13)21-20(14)22(21)16-7-11(3)12(4)8-17(16)23/h5-9,23H,1H2,2-4H3,(H,19,24). The van der Waals surface area contributed by atoms with Crippen molar-refractivity contribution in [2.75, 3.05) is 5.32 Å². The average molecular weight is 322 g/mol. The molecule has 0 aliphatic heterocycles. The third-order valence-electron chi connectivity index (χ3n) is 4.37. The van der Waals surface area contributed by atoms with E-state index >= 15 is 0 Å². The van der Waals surface area contributed by atoms with Crippen LogP contribution in [0.1, 0.15) is 18.1 Å². The van der Waals surface area contributed by atoms with Crippen LogP contribution in [0.5, 0.6) is 5.75 Å². The number of phenolic OH excluding ortho intramolecular Hbond substituents is 1. The van der Waals surface area contributed by atoms with Crippen LogP contribution in [0.15, 0.2) is 42.5 Å². The van der Waals surface area contributed by atoms with Crippen molar-refractivity contribution in [2.24, 2.45) is 0 Å². The number of nitrogens with one attached hydrogen (secondary N) is 1. The molecule has 2 N–H and O–H groups in total. The highest BCUT2D eigenvalue weighted by atomic mass is 16.3. The summed E-state index contributed by atoms with van der Waals surface area (Å²) in [4.78, 5) is 13.6. The van der Waals surface area contributed by atoms with Gasteiger partial charge in [-0.3, -0.25) is 4.79 Å². The fraction of sp³-hybridized carbons (Fsp3) is 0.167. The lowest BCUT2D eigenvalue weighted by Gasteiger charge is -2.05. The maximum absolute atomic E-state index is 11.7. The molecule has 0 aliphatic rings. The first-order chi connectivity index (χ1) is 11.4. The number of carbonyl (C=O) groups is 1. The summed E-state index contributed by atoms with van der Waals surface area (Å²) in [5.74, 6) is 0.0507. The number of nitrogens with zero attached hydrogens (tertiary/aromatic N) is 3. The van der Waals surface area contributed by atoms with Crippen LogP contribution >= 0.6 is 0 Å². The first kappa shape index (κ1) is 14.4. The van der Waals surface area contributed by atoms with Crippen molar-refractivity contribution in [3.05, 3.63) is 53.6 Å². The van der Waals surface area contributed by atoms with Crippen LogP contribution in [-0.2, 0) is 4.79 Å². The molecule has 0 saturated carbocycles. The van der Waals surface area contributed by atoms with Crippen molar-refractivity contribution in [3.63, 3.8) is 0 Å². The van der Waals surface area contributed by atoms with Gasteiger partial charge < -0.3 is 10.4 Å². The maximum atomic E-state index is 11.7. The Morgan fingerprint density at radius 1 is 1.08 bits per heavy atom. The third kappa shape index (κ3) is 1.93. The van der Waals surface area contributed by atoms with E-state index in [4.69, 9.17) is 0 Å². The molecule has 4 rings (SSSR count). The molecule has 0 bridgehead atoms. The van der Waals surface area contributed by atoms with Crippen LogP contribution in [0.4, 0.5) is 5.69 Å². The Morgan fingerprint density at radius 3 is 2.46 bits per heavy atom. The first-order valence-electron chi connectivity index (χ1n) is 7.69. The third-order valence-corrected chi connectivity index (χ3v) is 4.37. The highest BCUT2D eigenvalue weighted by Crippen LogP contribution is 2.33. The fourth-order valence-electron chi connectivity index (χ4n) is 2.81. The van der Waals surface area contributed by atoms with Crippen molar-refractivity contribution in [3.8, 4) is 11.4 Å². The van der Waals surface area contributed by atoms with E-state index in [1.807, 2.05) is 52.2 Å². The predicted octanol–water partition coefficient (Wildman–Crippen LogP) is 3.26. The Hall–Kier alpha value is -3.15. The van der Waals surface area contributed by atoms with Crippen molar-refractivity contribution in [1.82, 2.24) is 14.1 Å². The molecule has 2 aromatic heterocycles. The molecule has 0 atom stereocenters. The number of hydrogen-bond donors (Lipinski definition) is 2. The molecule has 0 unspecified atom stereocenters. The summed E-state index contributed by atoms with van der Waals surface area (Å²) in [6, 6.07) is 9.44. The number of carbonyl (C=O) groups excluding carboxylic acids is 1. The lowest BCUT2D eigenvalue weighted by molar-refractivity contribution is -0.112. The van der Waals surface area contributed by atoms with Gasteiger partial charge in [0.25, 0.3) is 5.91 Å². The second kappa shape index (κ2) is 4.67. The molecule has 1 amide bonds. The lowest BCUT2D eigenvalue weighted by atomic mass is 10.1. The van der Waals surface area contributed by atoms with Crippen LogP contribution in [0.25, 0.3) is 16.7 Å². The largest absolute Gasteiger partial charge is 0.506 e. The van der Waals surface area contributed by atoms with Gasteiger partial charge in [0, 0.05) is 11.3 Å². The lowest BCUT2D eigenvalue weighted by Crippen LogP contribution is -2.11. The topological polar surface area (TPSA) is 63.1 Å². The number of fused-ring (bicyclic) bond motifs is 4.